The van der Waals surface area contributed by atoms with Gasteiger partial charge in [-0.15, -0.1) is 5.10 Å². The van der Waals surface area contributed by atoms with Crippen molar-refractivity contribution in [2.75, 3.05) is 25.6 Å². The van der Waals surface area contributed by atoms with Gasteiger partial charge in [-0.05, 0) is 37.0 Å². The number of nitrogens with zero attached hydrogens (tertiary/aromatic N) is 2. The standard InChI is InChI=1S/C17H24N4O4/c1-11-7-13(8-12(2)16(11)25-10-15(23)24-3)9-18-17-19-14(20-21-17)5-4-6-22/h7-8,22H,4-6,9-10H2,1-3H3,(H2,18,19,20,21). The van der Waals surface area contributed by atoms with E-state index in [1.807, 2.05) is 26.0 Å². The van der Waals surface area contributed by atoms with Gasteiger partial charge in [-0.25, -0.2) is 4.79 Å². The first-order valence-corrected chi connectivity index (χ1v) is 8.09. The Hall–Kier alpha value is -2.61. The number of aliphatic hydroxyl groups excluding tert-OH is 1. The van der Waals surface area contributed by atoms with E-state index in [9.17, 15) is 4.79 Å². The number of aromatic amines is 1. The van der Waals surface area contributed by atoms with Crippen LogP contribution >= 0.6 is 0 Å². The van der Waals surface area contributed by atoms with E-state index >= 15 is 0 Å². The fourth-order valence-electron chi connectivity index (χ4n) is 2.47. The molecule has 0 fully saturated rings. The molecular weight excluding hydrogens is 324 g/mol. The number of nitrogens with one attached hydrogen (secondary N) is 2. The molecule has 0 aliphatic carbocycles. The maximum Gasteiger partial charge on any atom is 0.343 e. The summed E-state index contributed by atoms with van der Waals surface area (Å²) in [5.74, 6) is 1.55. The van der Waals surface area contributed by atoms with Gasteiger partial charge in [0.2, 0.25) is 5.95 Å². The molecule has 1 aromatic heterocycles. The Labute approximate surface area is 146 Å². The highest BCUT2D eigenvalue weighted by molar-refractivity contribution is 5.71. The normalized spacial score (nSPS) is 10.6. The number of benzene rings is 1. The first kappa shape index (κ1) is 18.7. The molecule has 0 atom stereocenters. The van der Waals surface area contributed by atoms with Crippen LogP contribution in [0.5, 0.6) is 5.75 Å². The average Bonchev–Trinajstić information content (AvgIpc) is 3.05. The summed E-state index contributed by atoms with van der Waals surface area (Å²) in [5, 5.41) is 18.9. The third kappa shape index (κ3) is 5.46. The molecule has 2 aromatic rings. The van der Waals surface area contributed by atoms with E-state index in [1.54, 1.807) is 0 Å². The highest BCUT2D eigenvalue weighted by atomic mass is 16.6. The predicted molar refractivity (Wildman–Crippen MR) is 92.5 cm³/mol. The summed E-state index contributed by atoms with van der Waals surface area (Å²) in [5.41, 5.74) is 2.95. The van der Waals surface area contributed by atoms with Crippen LogP contribution < -0.4 is 10.1 Å². The van der Waals surface area contributed by atoms with Gasteiger partial charge in [0.15, 0.2) is 6.61 Å². The number of hydrogen-bond acceptors (Lipinski definition) is 7. The van der Waals surface area contributed by atoms with Gasteiger partial charge in [-0.2, -0.15) is 4.98 Å². The maximum atomic E-state index is 11.2. The molecule has 136 valence electrons. The van der Waals surface area contributed by atoms with Crippen molar-refractivity contribution in [1.29, 1.82) is 0 Å². The second-order valence-corrected chi connectivity index (χ2v) is 5.71. The van der Waals surface area contributed by atoms with Crippen molar-refractivity contribution in [1.82, 2.24) is 15.2 Å². The Balaban J connectivity index is 1.96. The number of aliphatic hydroxyl groups is 1. The molecule has 1 heterocycles. The van der Waals surface area contributed by atoms with Crippen molar-refractivity contribution in [3.63, 3.8) is 0 Å². The van der Waals surface area contributed by atoms with Crippen molar-refractivity contribution in [3.8, 4) is 5.75 Å². The van der Waals surface area contributed by atoms with Gasteiger partial charge in [-0.3, -0.25) is 5.10 Å². The molecular formula is C17H24N4O4. The third-order valence-electron chi connectivity index (χ3n) is 3.64. The van der Waals surface area contributed by atoms with E-state index in [4.69, 9.17) is 9.84 Å². The van der Waals surface area contributed by atoms with Gasteiger partial charge in [0.25, 0.3) is 0 Å². The number of H-pyrrole nitrogens is 1. The second-order valence-electron chi connectivity index (χ2n) is 5.71. The first-order valence-electron chi connectivity index (χ1n) is 8.09. The number of carbonyl (C=O) groups is 1. The molecule has 0 bridgehead atoms. The van der Waals surface area contributed by atoms with Gasteiger partial charge in [0.05, 0.1) is 7.11 Å². The van der Waals surface area contributed by atoms with Gasteiger partial charge < -0.3 is 19.9 Å². The number of ether oxygens (including phenoxy) is 2. The van der Waals surface area contributed by atoms with Crippen LogP contribution in [0.2, 0.25) is 0 Å². The van der Waals surface area contributed by atoms with Crippen LogP contribution in [-0.2, 0) is 22.5 Å². The smallest absolute Gasteiger partial charge is 0.343 e. The zero-order valence-corrected chi connectivity index (χ0v) is 14.8. The lowest BCUT2D eigenvalue weighted by atomic mass is 10.1. The van der Waals surface area contributed by atoms with Gasteiger partial charge in [0, 0.05) is 19.6 Å². The molecule has 8 nitrogen and oxygen atoms in total. The second kappa shape index (κ2) is 9.03. The Kier molecular flexibility index (Phi) is 6.76. The molecule has 0 saturated carbocycles. The van der Waals surface area contributed by atoms with Crippen molar-refractivity contribution < 1.29 is 19.4 Å². The Morgan fingerprint density at radius 2 is 2.04 bits per heavy atom. The molecule has 0 saturated heterocycles. The highest BCUT2D eigenvalue weighted by Crippen LogP contribution is 2.25. The molecule has 8 heteroatoms. The zero-order valence-electron chi connectivity index (χ0n) is 14.8. The van der Waals surface area contributed by atoms with E-state index in [0.29, 0.717) is 31.1 Å². The van der Waals surface area contributed by atoms with Crippen LogP contribution in [0, 0.1) is 13.8 Å². The topological polar surface area (TPSA) is 109 Å². The van der Waals surface area contributed by atoms with Gasteiger partial charge in [0.1, 0.15) is 11.6 Å². The first-order chi connectivity index (χ1) is 12.0. The van der Waals surface area contributed by atoms with Crippen LogP contribution in [-0.4, -0.2) is 46.6 Å². The summed E-state index contributed by atoms with van der Waals surface area (Å²) in [4.78, 5) is 15.5. The lowest BCUT2D eigenvalue weighted by Gasteiger charge is -2.13. The molecule has 25 heavy (non-hydrogen) atoms. The predicted octanol–water partition coefficient (Wildman–Crippen LogP) is 1.51. The van der Waals surface area contributed by atoms with Crippen LogP contribution in [0.25, 0.3) is 0 Å². The van der Waals surface area contributed by atoms with E-state index < -0.39 is 5.97 Å². The van der Waals surface area contributed by atoms with Crippen molar-refractivity contribution in [2.24, 2.45) is 0 Å². The van der Waals surface area contributed by atoms with E-state index in [0.717, 1.165) is 22.5 Å². The largest absolute Gasteiger partial charge is 0.481 e. The van der Waals surface area contributed by atoms with Crippen molar-refractivity contribution in [2.45, 2.75) is 33.2 Å². The number of rotatable bonds is 9. The molecule has 0 aliphatic heterocycles. The number of anilines is 1. The van der Waals surface area contributed by atoms with Crippen LogP contribution in [0.1, 0.15) is 28.9 Å². The minimum absolute atomic E-state index is 0.108. The quantitative estimate of drug-likeness (QED) is 0.589. The molecule has 0 unspecified atom stereocenters. The molecule has 2 rings (SSSR count). The minimum atomic E-state index is -0.411. The maximum absolute atomic E-state index is 11.2. The van der Waals surface area contributed by atoms with Gasteiger partial charge in [-0.1, -0.05) is 12.1 Å². The Morgan fingerprint density at radius 3 is 2.68 bits per heavy atom. The van der Waals surface area contributed by atoms with E-state index in [2.05, 4.69) is 25.2 Å². The molecule has 3 N–H and O–H groups in total. The average molecular weight is 348 g/mol. The number of aryl methyl sites for hydroxylation is 3. The molecule has 0 spiro atoms. The molecule has 0 radical (unpaired) electrons. The minimum Gasteiger partial charge on any atom is -0.481 e. The van der Waals surface area contributed by atoms with E-state index in [-0.39, 0.29) is 13.2 Å². The van der Waals surface area contributed by atoms with Crippen molar-refractivity contribution in [3.05, 3.63) is 34.6 Å². The molecule has 0 aliphatic rings. The Bertz CT molecular complexity index is 691. The number of hydrogen-bond donors (Lipinski definition) is 3. The summed E-state index contributed by atoms with van der Waals surface area (Å²) in [6.45, 7) is 4.46. The fourth-order valence-corrected chi connectivity index (χ4v) is 2.47. The van der Waals surface area contributed by atoms with Gasteiger partial charge >= 0.3 is 5.97 Å². The molecule has 1 aromatic carbocycles. The monoisotopic (exact) mass is 348 g/mol. The van der Waals surface area contributed by atoms with Crippen LogP contribution in [0.3, 0.4) is 0 Å². The fraction of sp³-hybridized carbons (Fsp3) is 0.471. The van der Waals surface area contributed by atoms with Crippen molar-refractivity contribution >= 4 is 11.9 Å². The lowest BCUT2D eigenvalue weighted by molar-refractivity contribution is -0.142. The number of aromatic nitrogens is 3. The van der Waals surface area contributed by atoms with Crippen LogP contribution in [0.4, 0.5) is 5.95 Å². The highest BCUT2D eigenvalue weighted by Gasteiger charge is 2.10. The summed E-state index contributed by atoms with van der Waals surface area (Å²) in [7, 11) is 1.33. The lowest BCUT2D eigenvalue weighted by Crippen LogP contribution is -2.14. The number of esters is 1. The zero-order chi connectivity index (χ0) is 18.2. The Morgan fingerprint density at radius 1 is 1.32 bits per heavy atom. The summed E-state index contributed by atoms with van der Waals surface area (Å²) >= 11 is 0. The SMILES string of the molecule is COC(=O)COc1c(C)cc(CNc2n[nH]c(CCCO)n2)cc1C. The van der Waals surface area contributed by atoms with E-state index in [1.165, 1.54) is 7.11 Å². The van der Waals surface area contributed by atoms with Crippen LogP contribution in [0.15, 0.2) is 12.1 Å². The number of carbonyl (C=O) groups excluding carboxylic acids is 1. The molecule has 0 amide bonds. The summed E-state index contributed by atoms with van der Waals surface area (Å²) in [6.07, 6.45) is 1.32. The number of methoxy groups -OCH3 is 1. The summed E-state index contributed by atoms with van der Waals surface area (Å²) < 4.78 is 10.1. The summed E-state index contributed by atoms with van der Waals surface area (Å²) in [6, 6.07) is 3.98. The third-order valence-corrected chi connectivity index (χ3v) is 3.64.